The minimum atomic E-state index is -4.55. The van der Waals surface area contributed by atoms with Gasteiger partial charge in [-0.3, -0.25) is 9.13 Å². The maximum absolute atomic E-state index is 11.0. The van der Waals surface area contributed by atoms with Crippen LogP contribution in [0.5, 0.6) is 0 Å². The molecular weight excluding hydrogens is 269 g/mol. The van der Waals surface area contributed by atoms with Gasteiger partial charge in [0.05, 0.1) is 6.61 Å². The molecule has 0 saturated carbocycles. The first kappa shape index (κ1) is 21.8. The Morgan fingerprint density at radius 2 is 1.64 bits per heavy atom. The SMILES string of the molecule is CCOP(=O)(O)C(C)P(=O)(O)O.[CaH2].[NaH]. The predicted octanol–water partition coefficient (Wildman–Crippen LogP) is -0.833. The molecule has 14 heavy (non-hydrogen) atoms. The second-order valence-electron chi connectivity index (χ2n) is 2.20. The topological polar surface area (TPSA) is 104 Å². The maximum atomic E-state index is 11.0. The van der Waals surface area contributed by atoms with Gasteiger partial charge in [0.15, 0.2) is 5.40 Å². The zero-order chi connectivity index (χ0) is 9.99. The third kappa shape index (κ3) is 7.77. The number of rotatable bonds is 4. The van der Waals surface area contributed by atoms with Crippen LogP contribution in [-0.4, -0.2) is 94.0 Å². The van der Waals surface area contributed by atoms with Gasteiger partial charge in [0.25, 0.3) is 0 Å². The minimum absolute atomic E-state index is 0. The van der Waals surface area contributed by atoms with Gasteiger partial charge in [0.2, 0.25) is 0 Å². The van der Waals surface area contributed by atoms with Gasteiger partial charge in [0, 0.05) is 0 Å². The average Bonchev–Trinajstić information content (AvgIpc) is 1.84. The van der Waals surface area contributed by atoms with E-state index in [4.69, 9.17) is 14.7 Å². The quantitative estimate of drug-likeness (QED) is 0.460. The van der Waals surface area contributed by atoms with Crippen LogP contribution in [0.4, 0.5) is 0 Å². The van der Waals surface area contributed by atoms with E-state index in [1.807, 2.05) is 0 Å². The summed E-state index contributed by atoms with van der Waals surface area (Å²) >= 11 is 0. The standard InChI is InChI=1S/C4H12O6P2.Ca.Na.3H/c1-3-10-12(8,9)4(2)11(5,6)7;;;;;/h4H,3H2,1-2H3,(H,8,9)(H2,5,6,7);;;;;. The molecule has 2 atom stereocenters. The molecule has 0 amide bonds. The molecule has 0 saturated heterocycles. The molecule has 0 aliphatic heterocycles. The van der Waals surface area contributed by atoms with Gasteiger partial charge >= 0.3 is 82.5 Å². The van der Waals surface area contributed by atoms with E-state index in [0.29, 0.717) is 0 Å². The van der Waals surface area contributed by atoms with Crippen molar-refractivity contribution in [2.45, 2.75) is 19.2 Å². The fourth-order valence-corrected chi connectivity index (χ4v) is 2.79. The Morgan fingerprint density at radius 1 is 1.29 bits per heavy atom. The normalized spacial score (nSPS) is 17.2. The molecule has 0 spiro atoms. The van der Waals surface area contributed by atoms with Crippen molar-refractivity contribution in [1.82, 2.24) is 0 Å². The van der Waals surface area contributed by atoms with Crippen LogP contribution in [0.2, 0.25) is 0 Å². The summed E-state index contributed by atoms with van der Waals surface area (Å²) in [7, 11) is -8.71. The first-order chi connectivity index (χ1) is 5.22. The van der Waals surface area contributed by atoms with Crippen molar-refractivity contribution < 1.29 is 28.3 Å². The monoisotopic (exact) mass is 284 g/mol. The Morgan fingerprint density at radius 3 is 1.86 bits per heavy atom. The molecule has 2 unspecified atom stereocenters. The summed E-state index contributed by atoms with van der Waals surface area (Å²) in [5.74, 6) is 0. The molecule has 0 fully saturated rings. The summed E-state index contributed by atoms with van der Waals surface area (Å²) in [5.41, 5.74) is 0. The van der Waals surface area contributed by atoms with Crippen molar-refractivity contribution in [3.05, 3.63) is 0 Å². The zero-order valence-corrected chi connectivity index (χ0v) is 8.53. The summed E-state index contributed by atoms with van der Waals surface area (Å²) < 4.78 is 25.9. The molecule has 10 heteroatoms. The molecule has 0 aliphatic rings. The van der Waals surface area contributed by atoms with Crippen LogP contribution in [0, 0.1) is 0 Å². The fourth-order valence-electron chi connectivity index (χ4n) is 0.483. The van der Waals surface area contributed by atoms with E-state index in [9.17, 15) is 9.13 Å². The predicted molar refractivity (Wildman–Crippen MR) is 58.7 cm³/mol. The van der Waals surface area contributed by atoms with E-state index < -0.39 is 20.6 Å². The average molecular weight is 284 g/mol. The Labute approximate surface area is 135 Å². The first-order valence-electron chi connectivity index (χ1n) is 3.24. The third-order valence-corrected chi connectivity index (χ3v) is 5.60. The van der Waals surface area contributed by atoms with E-state index in [-0.39, 0.29) is 73.9 Å². The molecular formula is C4H15CaNaO6P2. The van der Waals surface area contributed by atoms with E-state index in [1.54, 1.807) is 0 Å². The second kappa shape index (κ2) is 8.62. The van der Waals surface area contributed by atoms with Crippen LogP contribution >= 0.6 is 15.2 Å². The molecule has 0 aromatic carbocycles. The van der Waals surface area contributed by atoms with Crippen molar-refractivity contribution in [3.63, 3.8) is 0 Å². The summed E-state index contributed by atoms with van der Waals surface area (Å²) in [5, 5.41) is -1.66. The molecule has 0 aliphatic carbocycles. The zero-order valence-electron chi connectivity index (χ0n) is 6.75. The van der Waals surface area contributed by atoms with E-state index in [1.165, 1.54) is 6.92 Å². The van der Waals surface area contributed by atoms with Gasteiger partial charge in [-0.25, -0.2) is 0 Å². The molecule has 0 rings (SSSR count). The van der Waals surface area contributed by atoms with Gasteiger partial charge in [-0.15, -0.1) is 0 Å². The van der Waals surface area contributed by atoms with Gasteiger partial charge in [-0.05, 0) is 13.8 Å². The summed E-state index contributed by atoms with van der Waals surface area (Å²) in [4.78, 5) is 26.1. The van der Waals surface area contributed by atoms with Gasteiger partial charge in [-0.1, -0.05) is 0 Å². The Kier molecular flexibility index (Phi) is 13.4. The molecule has 80 valence electrons. The molecule has 0 radical (unpaired) electrons. The number of hydrogen-bond acceptors (Lipinski definition) is 3. The molecule has 0 bridgehead atoms. The Balaban J connectivity index is -0.000000605. The van der Waals surface area contributed by atoms with Crippen molar-refractivity contribution in [2.75, 3.05) is 6.61 Å². The van der Waals surface area contributed by atoms with E-state index in [0.717, 1.165) is 6.92 Å². The Bertz CT molecular complexity index is 242. The van der Waals surface area contributed by atoms with Crippen LogP contribution < -0.4 is 0 Å². The van der Waals surface area contributed by atoms with Crippen molar-refractivity contribution >= 4 is 82.5 Å². The molecule has 0 aromatic heterocycles. The van der Waals surface area contributed by atoms with Gasteiger partial charge in [0.1, 0.15) is 0 Å². The van der Waals surface area contributed by atoms with Gasteiger partial charge in [-0.2, -0.15) is 0 Å². The second-order valence-corrected chi connectivity index (χ2v) is 6.72. The fraction of sp³-hybridized carbons (Fsp3) is 1.00. The van der Waals surface area contributed by atoms with Crippen molar-refractivity contribution in [2.24, 2.45) is 0 Å². The van der Waals surface area contributed by atoms with Crippen LogP contribution in [0.1, 0.15) is 13.8 Å². The van der Waals surface area contributed by atoms with Crippen LogP contribution in [0.25, 0.3) is 0 Å². The van der Waals surface area contributed by atoms with Crippen LogP contribution in [0.15, 0.2) is 0 Å². The van der Waals surface area contributed by atoms with Crippen molar-refractivity contribution in [3.8, 4) is 0 Å². The molecule has 6 nitrogen and oxygen atoms in total. The molecule has 0 heterocycles. The van der Waals surface area contributed by atoms with Gasteiger partial charge < -0.3 is 19.2 Å². The molecule has 3 N–H and O–H groups in total. The van der Waals surface area contributed by atoms with Crippen molar-refractivity contribution in [1.29, 1.82) is 0 Å². The van der Waals surface area contributed by atoms with Crippen LogP contribution in [-0.2, 0) is 13.7 Å². The summed E-state index contributed by atoms with van der Waals surface area (Å²) in [6.07, 6.45) is 0. The summed E-state index contributed by atoms with van der Waals surface area (Å²) in [6, 6.07) is 0. The first-order valence-corrected chi connectivity index (χ1v) is 6.57. The van der Waals surface area contributed by atoms with Crippen LogP contribution in [0.3, 0.4) is 0 Å². The molecule has 0 aromatic rings. The Hall–Kier alpha value is 2.56. The summed E-state index contributed by atoms with van der Waals surface area (Å²) in [6.45, 7) is 2.39. The van der Waals surface area contributed by atoms with E-state index in [2.05, 4.69) is 4.52 Å². The van der Waals surface area contributed by atoms with E-state index >= 15 is 0 Å². The number of hydrogen-bond donors (Lipinski definition) is 3. The third-order valence-electron chi connectivity index (χ3n) is 1.27.